The number of fused-ring (bicyclic) bond motifs is 1. The molecule has 5 N–H and O–H groups in total. The molecule has 2 aromatic heterocycles. The number of nitriles is 1. The van der Waals surface area contributed by atoms with Crippen LogP contribution in [0.1, 0.15) is 45.4 Å². The van der Waals surface area contributed by atoms with Gasteiger partial charge < -0.3 is 29.9 Å². The monoisotopic (exact) mass is 604 g/mol. The fourth-order valence-corrected chi connectivity index (χ4v) is 5.57. The van der Waals surface area contributed by atoms with Crippen molar-refractivity contribution < 1.29 is 38.1 Å². The first-order chi connectivity index (χ1) is 20.0. The maximum atomic E-state index is 14.0. The molecule has 42 heavy (non-hydrogen) atoms. The molecule has 3 rings (SSSR count). The third kappa shape index (κ3) is 7.63. The van der Waals surface area contributed by atoms with E-state index in [1.54, 1.807) is 24.3 Å². The van der Waals surface area contributed by atoms with Gasteiger partial charge >= 0.3 is 13.7 Å². The summed E-state index contributed by atoms with van der Waals surface area (Å²) in [5, 5.41) is 38.9. The third-order valence-corrected chi connectivity index (χ3v) is 8.51. The van der Waals surface area contributed by atoms with E-state index in [1.807, 2.05) is 13.8 Å². The topological polar surface area (TPSA) is 204 Å². The van der Waals surface area contributed by atoms with Crippen molar-refractivity contribution in [2.24, 2.45) is 5.92 Å². The number of benzene rings is 1. The van der Waals surface area contributed by atoms with Crippen molar-refractivity contribution in [2.45, 2.75) is 57.5 Å². The van der Waals surface area contributed by atoms with Gasteiger partial charge in [0.05, 0.1) is 12.3 Å². The Balaban J connectivity index is 1.84. The van der Waals surface area contributed by atoms with Gasteiger partial charge in [-0.05, 0) is 37.1 Å². The van der Waals surface area contributed by atoms with E-state index in [0.29, 0.717) is 5.52 Å². The lowest BCUT2D eigenvalue weighted by atomic mass is 9.93. The minimum Gasteiger partial charge on any atom is -0.464 e. The van der Waals surface area contributed by atoms with Crippen LogP contribution in [-0.2, 0) is 23.4 Å². The zero-order valence-corrected chi connectivity index (χ0v) is 24.8. The van der Waals surface area contributed by atoms with Crippen molar-refractivity contribution in [1.29, 1.82) is 5.26 Å². The van der Waals surface area contributed by atoms with E-state index in [0.717, 1.165) is 20.0 Å². The van der Waals surface area contributed by atoms with Crippen LogP contribution in [0.25, 0.3) is 5.52 Å². The van der Waals surface area contributed by atoms with Gasteiger partial charge in [0, 0.05) is 7.11 Å². The summed E-state index contributed by atoms with van der Waals surface area (Å²) in [6.07, 6.45) is -0.849. The molecule has 15 heteroatoms. The fourth-order valence-electron chi connectivity index (χ4n) is 4.05. The molecule has 228 valence electrons. The van der Waals surface area contributed by atoms with Crippen molar-refractivity contribution in [2.75, 3.05) is 26.1 Å². The number of nitrogen functional groups attached to an aromatic ring is 1. The number of methoxy groups -OCH3 is 1. The van der Waals surface area contributed by atoms with Gasteiger partial charge in [-0.25, -0.2) is 14.1 Å². The molecule has 1 aromatic carbocycles. The van der Waals surface area contributed by atoms with Crippen molar-refractivity contribution in [3.8, 4) is 11.8 Å². The third-order valence-electron chi connectivity index (χ3n) is 6.88. The highest BCUT2D eigenvalue weighted by Crippen LogP contribution is 2.46. The number of aliphatic hydroxyl groups excluding tert-OH is 2. The summed E-state index contributed by atoms with van der Waals surface area (Å²) in [5.41, 5.74) is 4.05. The van der Waals surface area contributed by atoms with Crippen LogP contribution in [-0.4, -0.2) is 68.9 Å². The Morgan fingerprint density at radius 1 is 1.21 bits per heavy atom. The van der Waals surface area contributed by atoms with Gasteiger partial charge in [0.2, 0.25) is 5.60 Å². The van der Waals surface area contributed by atoms with Crippen molar-refractivity contribution in [3.63, 3.8) is 0 Å². The second kappa shape index (κ2) is 14.6. The maximum absolute atomic E-state index is 14.0. The van der Waals surface area contributed by atoms with Crippen molar-refractivity contribution in [1.82, 2.24) is 19.7 Å². The predicted octanol–water partition coefficient (Wildman–Crippen LogP) is 2.78. The second-order valence-electron chi connectivity index (χ2n) is 9.63. The van der Waals surface area contributed by atoms with Crippen LogP contribution in [0.5, 0.6) is 5.75 Å². The molecule has 0 radical (unpaired) electrons. The van der Waals surface area contributed by atoms with Gasteiger partial charge in [-0.15, -0.1) is 0 Å². The minimum atomic E-state index is -4.43. The van der Waals surface area contributed by atoms with Gasteiger partial charge in [-0.2, -0.15) is 15.4 Å². The zero-order chi connectivity index (χ0) is 30.9. The number of hydrogen-bond donors (Lipinski definition) is 4. The highest BCUT2D eigenvalue weighted by molar-refractivity contribution is 7.52. The quantitative estimate of drug-likeness (QED) is 0.137. The number of aromatic nitrogens is 3. The van der Waals surface area contributed by atoms with Gasteiger partial charge in [0.1, 0.15) is 48.5 Å². The maximum Gasteiger partial charge on any atom is 0.459 e. The summed E-state index contributed by atoms with van der Waals surface area (Å²) in [4.78, 5) is 16.6. The van der Waals surface area contributed by atoms with E-state index < -0.39 is 44.2 Å². The molecule has 0 saturated heterocycles. The summed E-state index contributed by atoms with van der Waals surface area (Å²) < 4.78 is 37.2. The lowest BCUT2D eigenvalue weighted by Gasteiger charge is -2.33. The van der Waals surface area contributed by atoms with E-state index in [2.05, 4.69) is 15.2 Å². The zero-order valence-electron chi connectivity index (χ0n) is 23.9. The highest BCUT2D eigenvalue weighted by Gasteiger charge is 2.47. The average Bonchev–Trinajstić information content (AvgIpc) is 3.43. The predicted molar refractivity (Wildman–Crippen MR) is 152 cm³/mol. The van der Waals surface area contributed by atoms with E-state index >= 15 is 0 Å². The molecule has 1 unspecified atom stereocenters. The Kier molecular flexibility index (Phi) is 11.4. The van der Waals surface area contributed by atoms with Gasteiger partial charge in [0.15, 0.2) is 5.82 Å². The Morgan fingerprint density at radius 3 is 2.52 bits per heavy atom. The number of para-hydroxylation sites is 1. The van der Waals surface area contributed by atoms with Crippen molar-refractivity contribution >= 4 is 25.1 Å². The van der Waals surface area contributed by atoms with Crippen LogP contribution in [0.2, 0.25) is 0 Å². The molecule has 3 aromatic rings. The van der Waals surface area contributed by atoms with E-state index in [1.165, 1.54) is 42.0 Å². The van der Waals surface area contributed by atoms with Crippen LogP contribution in [0.4, 0.5) is 5.82 Å². The number of hydrogen-bond acceptors (Lipinski definition) is 12. The Morgan fingerprint density at radius 2 is 1.90 bits per heavy atom. The molecule has 0 aliphatic carbocycles. The normalized spacial score (nSPS) is 16.6. The van der Waals surface area contributed by atoms with Crippen LogP contribution in [0.3, 0.4) is 0 Å². The number of nitrogens with one attached hydrogen (secondary N) is 1. The SMILES string of the molecule is CCC(CC)COC(=O)[C@H](C)NP(=O)(OC[C@@](C#N)(OC)[C@@H](O)[C@@H](O)c1ccc2c(N)ncnn12)Oc1ccccc1. The molecule has 0 spiro atoms. The van der Waals surface area contributed by atoms with Gasteiger partial charge in [0.25, 0.3) is 0 Å². The number of nitrogens with two attached hydrogens (primary N) is 1. The lowest BCUT2D eigenvalue weighted by Crippen LogP contribution is -2.50. The van der Waals surface area contributed by atoms with Crippen LogP contribution in [0, 0.1) is 17.2 Å². The molecular formula is C27H37N6O8P. The molecule has 2 heterocycles. The molecule has 0 amide bonds. The number of anilines is 1. The molecule has 0 aliphatic heterocycles. The smallest absolute Gasteiger partial charge is 0.459 e. The molecule has 14 nitrogen and oxygen atoms in total. The lowest BCUT2D eigenvalue weighted by molar-refractivity contribution is -0.147. The summed E-state index contributed by atoms with van der Waals surface area (Å²) >= 11 is 0. The molecule has 0 saturated carbocycles. The number of carbonyl (C=O) groups excluding carboxylic acids is 1. The number of esters is 1. The Labute approximate surface area is 243 Å². The summed E-state index contributed by atoms with van der Waals surface area (Å²) in [6.45, 7) is 4.76. The average molecular weight is 605 g/mol. The fraction of sp³-hybridized carbons (Fsp3) is 0.481. The van der Waals surface area contributed by atoms with Crippen LogP contribution >= 0.6 is 7.75 Å². The standard InChI is InChI=1S/C27H37N6O8P/c1-5-19(6-2)14-39-26(36)18(3)32-42(37,41-20-10-8-7-9-11-20)40-16-27(15-28,38-4)24(35)23(34)21-12-13-22-25(29)30-17-31-33(21)22/h7-13,17-19,23-24,34-35H,5-6,14,16H2,1-4H3,(H,32,37)(H2,29,30,31)/t18-,23-,24-,27+,42?/m0/s1. The Bertz CT molecular complexity index is 1410. The molecular weight excluding hydrogens is 567 g/mol. The number of ether oxygens (including phenoxy) is 2. The molecule has 5 atom stereocenters. The van der Waals surface area contributed by atoms with E-state index in [9.17, 15) is 24.8 Å². The largest absolute Gasteiger partial charge is 0.464 e. The first-order valence-electron chi connectivity index (χ1n) is 13.4. The summed E-state index contributed by atoms with van der Waals surface area (Å²) in [5.74, 6) is -0.227. The number of aliphatic hydroxyl groups is 2. The first kappa shape index (κ1) is 32.9. The minimum absolute atomic E-state index is 0.0824. The molecule has 0 fully saturated rings. The van der Waals surface area contributed by atoms with E-state index in [4.69, 9.17) is 24.3 Å². The molecule has 0 aliphatic rings. The summed E-state index contributed by atoms with van der Waals surface area (Å²) in [7, 11) is -3.31. The second-order valence-corrected chi connectivity index (χ2v) is 11.3. The number of nitrogens with zero attached hydrogens (tertiary/aromatic N) is 4. The highest BCUT2D eigenvalue weighted by atomic mass is 31.2. The van der Waals surface area contributed by atoms with E-state index in [-0.39, 0.29) is 29.8 Å². The van der Waals surface area contributed by atoms with Crippen LogP contribution < -0.4 is 15.3 Å². The van der Waals surface area contributed by atoms with Gasteiger partial charge in [-0.3, -0.25) is 9.32 Å². The first-order valence-corrected chi connectivity index (χ1v) is 14.9. The number of rotatable bonds is 16. The van der Waals surface area contributed by atoms with Gasteiger partial charge in [-0.1, -0.05) is 44.9 Å². The molecule has 0 bridgehead atoms. The van der Waals surface area contributed by atoms with Crippen molar-refractivity contribution in [3.05, 3.63) is 54.5 Å². The Hall–Kier alpha value is -3.57. The van der Waals surface area contributed by atoms with Crippen LogP contribution in [0.15, 0.2) is 48.8 Å². The number of carbonyl (C=O) groups is 1. The summed E-state index contributed by atoms with van der Waals surface area (Å²) in [6, 6.07) is 11.7.